The predicted molar refractivity (Wildman–Crippen MR) is 181 cm³/mol. The van der Waals surface area contributed by atoms with Crippen molar-refractivity contribution in [2.45, 2.75) is 51.4 Å². The summed E-state index contributed by atoms with van der Waals surface area (Å²) in [5.41, 5.74) is 3.91. The molecule has 0 unspecified atom stereocenters. The van der Waals surface area contributed by atoms with E-state index in [0.717, 1.165) is 27.8 Å². The molecule has 0 aliphatic carbocycles. The van der Waals surface area contributed by atoms with Gasteiger partial charge < -0.3 is 9.26 Å². The molecule has 44 heavy (non-hydrogen) atoms. The minimum absolute atomic E-state index is 0.320. The normalized spacial score (nSPS) is 16.8. The second-order valence-electron chi connectivity index (χ2n) is 11.7. The highest BCUT2D eigenvalue weighted by atomic mass is 31.2. The third kappa shape index (κ3) is 6.06. The van der Waals surface area contributed by atoms with Crippen molar-refractivity contribution in [3.8, 4) is 0 Å². The standard InChI is InChI=1S/C39H38NO3P/c1-29-17-13-15-25-35(29)44(41,36-26-16-14-18-30(36)2)43-39(27-32-19-7-4-8-20-32,28-33-21-9-5-10-22-33)37-31(3)42-38(40-37)34-23-11-6-12-24-34/h4-26,31,37H,27-28H2,1-3H3/t31-,37-/m0/s1. The Hall–Kier alpha value is -4.24. The molecule has 0 radical (unpaired) electrons. The highest BCUT2D eigenvalue weighted by molar-refractivity contribution is 7.74. The van der Waals surface area contributed by atoms with E-state index in [4.69, 9.17) is 14.3 Å². The van der Waals surface area contributed by atoms with E-state index in [1.54, 1.807) is 0 Å². The summed E-state index contributed by atoms with van der Waals surface area (Å²) < 4.78 is 29.9. The summed E-state index contributed by atoms with van der Waals surface area (Å²) in [6.07, 6.45) is 0.669. The molecule has 0 aromatic heterocycles. The van der Waals surface area contributed by atoms with Crippen molar-refractivity contribution in [1.82, 2.24) is 0 Å². The minimum atomic E-state index is -3.69. The first-order valence-electron chi connectivity index (χ1n) is 15.2. The van der Waals surface area contributed by atoms with Gasteiger partial charge in [0.15, 0.2) is 0 Å². The molecule has 0 saturated carbocycles. The quantitative estimate of drug-likeness (QED) is 0.153. The number of aliphatic imine (C=N–C) groups is 1. The molecule has 5 aromatic rings. The van der Waals surface area contributed by atoms with Crippen molar-refractivity contribution in [1.29, 1.82) is 0 Å². The van der Waals surface area contributed by atoms with E-state index in [1.165, 1.54) is 0 Å². The van der Waals surface area contributed by atoms with Crippen LogP contribution in [0.15, 0.2) is 145 Å². The van der Waals surface area contributed by atoms with Gasteiger partial charge in [-0.15, -0.1) is 0 Å². The lowest BCUT2D eigenvalue weighted by atomic mass is 9.80. The largest absolute Gasteiger partial charge is 0.472 e. The second-order valence-corrected chi connectivity index (χ2v) is 13.9. The Balaban J connectivity index is 1.60. The maximum Gasteiger partial charge on any atom is 0.262 e. The van der Waals surface area contributed by atoms with Gasteiger partial charge in [0.05, 0.1) is 0 Å². The average molecular weight is 600 g/mol. The maximum absolute atomic E-state index is 16.0. The first kappa shape index (κ1) is 29.8. The van der Waals surface area contributed by atoms with Gasteiger partial charge in [0.1, 0.15) is 17.7 Å². The van der Waals surface area contributed by atoms with Gasteiger partial charge in [0.25, 0.3) is 7.37 Å². The molecule has 1 aliphatic heterocycles. The maximum atomic E-state index is 16.0. The zero-order chi connectivity index (χ0) is 30.6. The van der Waals surface area contributed by atoms with E-state index in [2.05, 4.69) is 24.3 Å². The smallest absolute Gasteiger partial charge is 0.262 e. The summed E-state index contributed by atoms with van der Waals surface area (Å²) in [5.74, 6) is 0.582. The van der Waals surface area contributed by atoms with Crippen LogP contribution in [0.2, 0.25) is 0 Å². The fourth-order valence-corrected chi connectivity index (χ4v) is 9.16. The van der Waals surface area contributed by atoms with Crippen molar-refractivity contribution in [3.63, 3.8) is 0 Å². The van der Waals surface area contributed by atoms with Crippen molar-refractivity contribution in [2.75, 3.05) is 0 Å². The highest BCUT2D eigenvalue weighted by Gasteiger charge is 2.52. The number of benzene rings is 5. The van der Waals surface area contributed by atoms with E-state index >= 15 is 4.57 Å². The van der Waals surface area contributed by atoms with Crippen LogP contribution in [0.5, 0.6) is 0 Å². The summed E-state index contributed by atoms with van der Waals surface area (Å²) in [5, 5.41) is 1.41. The number of nitrogens with zero attached hydrogens (tertiary/aromatic N) is 1. The molecule has 6 rings (SSSR count). The molecule has 0 amide bonds. The number of aryl methyl sites for hydroxylation is 2. The second kappa shape index (κ2) is 12.8. The molecule has 0 fully saturated rings. The fraction of sp³-hybridized carbons (Fsp3) is 0.205. The monoisotopic (exact) mass is 599 g/mol. The lowest BCUT2D eigenvalue weighted by Gasteiger charge is -2.42. The highest BCUT2D eigenvalue weighted by Crippen LogP contribution is 2.53. The Morgan fingerprint density at radius 1 is 0.659 bits per heavy atom. The minimum Gasteiger partial charge on any atom is -0.472 e. The Morgan fingerprint density at radius 3 is 1.57 bits per heavy atom. The molecular weight excluding hydrogens is 561 g/mol. The molecular formula is C39H38NO3P. The van der Waals surface area contributed by atoms with Crippen LogP contribution < -0.4 is 10.6 Å². The zero-order valence-electron chi connectivity index (χ0n) is 25.5. The Kier molecular flexibility index (Phi) is 8.66. The molecule has 0 spiro atoms. The van der Waals surface area contributed by atoms with Gasteiger partial charge in [0, 0.05) is 29.0 Å². The van der Waals surface area contributed by atoms with Gasteiger partial charge in [-0.25, -0.2) is 4.99 Å². The van der Waals surface area contributed by atoms with Gasteiger partial charge in [-0.2, -0.15) is 0 Å². The number of hydrogen-bond acceptors (Lipinski definition) is 4. The van der Waals surface area contributed by atoms with Crippen molar-refractivity contribution in [2.24, 2.45) is 4.99 Å². The van der Waals surface area contributed by atoms with Crippen molar-refractivity contribution >= 4 is 23.9 Å². The van der Waals surface area contributed by atoms with Crippen LogP contribution in [0.3, 0.4) is 0 Å². The molecule has 222 valence electrons. The molecule has 5 heteroatoms. The summed E-state index contributed by atoms with van der Waals surface area (Å²) in [7, 11) is -3.69. The number of hydrogen-bond donors (Lipinski definition) is 0. The van der Waals surface area contributed by atoms with E-state index in [9.17, 15) is 0 Å². The molecule has 5 aromatic carbocycles. The molecule has 2 atom stereocenters. The molecule has 1 aliphatic rings. The van der Waals surface area contributed by atoms with Gasteiger partial charge in [-0.1, -0.05) is 115 Å². The Labute approximate surface area is 260 Å². The van der Waals surface area contributed by atoms with Gasteiger partial charge in [0.2, 0.25) is 5.90 Å². The summed E-state index contributed by atoms with van der Waals surface area (Å²) in [6, 6.07) is 45.9. The van der Waals surface area contributed by atoms with Gasteiger partial charge in [-0.3, -0.25) is 4.57 Å². The first-order chi connectivity index (χ1) is 21.4. The predicted octanol–water partition coefficient (Wildman–Crippen LogP) is 8.01. The topological polar surface area (TPSA) is 47.9 Å². The SMILES string of the molecule is Cc1ccccc1P(=O)(OC(Cc1ccccc1)(Cc1ccccc1)[C@H]1N=C(c2ccccc2)O[C@H]1C)c1ccccc1C. The van der Waals surface area contributed by atoms with Crippen molar-refractivity contribution < 1.29 is 13.8 Å². The van der Waals surface area contributed by atoms with Crippen LogP contribution in [0, 0.1) is 13.8 Å². The summed E-state index contributed by atoms with van der Waals surface area (Å²) >= 11 is 0. The lowest BCUT2D eigenvalue weighted by Crippen LogP contribution is -2.52. The van der Waals surface area contributed by atoms with Crippen LogP contribution in [0.4, 0.5) is 0 Å². The average Bonchev–Trinajstić information content (AvgIpc) is 3.45. The number of ether oxygens (including phenoxy) is 1. The van der Waals surface area contributed by atoms with Crippen LogP contribution in [0.1, 0.15) is 34.7 Å². The number of rotatable bonds is 10. The van der Waals surface area contributed by atoms with Crippen LogP contribution >= 0.6 is 7.37 Å². The van der Waals surface area contributed by atoms with E-state index in [0.29, 0.717) is 29.3 Å². The van der Waals surface area contributed by atoms with Crippen LogP contribution in [-0.4, -0.2) is 23.6 Å². The lowest BCUT2D eigenvalue weighted by molar-refractivity contribution is 0.0184. The van der Waals surface area contributed by atoms with Crippen LogP contribution in [0.25, 0.3) is 0 Å². The molecule has 0 saturated heterocycles. The fourth-order valence-electron chi connectivity index (χ4n) is 6.32. The first-order valence-corrected chi connectivity index (χ1v) is 16.8. The van der Waals surface area contributed by atoms with Gasteiger partial charge in [-0.05, 0) is 67.3 Å². The van der Waals surface area contributed by atoms with Crippen LogP contribution in [-0.2, 0) is 26.7 Å². The molecule has 0 bridgehead atoms. The van der Waals surface area contributed by atoms with E-state index in [-0.39, 0.29) is 6.10 Å². The van der Waals surface area contributed by atoms with E-state index in [1.807, 2.05) is 136 Å². The molecule has 4 nitrogen and oxygen atoms in total. The Bertz CT molecular complexity index is 1700. The van der Waals surface area contributed by atoms with Gasteiger partial charge >= 0.3 is 0 Å². The third-order valence-electron chi connectivity index (χ3n) is 8.43. The van der Waals surface area contributed by atoms with E-state index < -0.39 is 19.0 Å². The Morgan fingerprint density at radius 2 is 1.09 bits per heavy atom. The third-order valence-corrected chi connectivity index (χ3v) is 11.3. The van der Waals surface area contributed by atoms with Crippen molar-refractivity contribution in [3.05, 3.63) is 167 Å². The summed E-state index contributed by atoms with van der Waals surface area (Å²) in [6.45, 7) is 6.06. The molecule has 0 N–H and O–H groups in total. The zero-order valence-corrected chi connectivity index (χ0v) is 26.4. The summed E-state index contributed by atoms with van der Waals surface area (Å²) in [4.78, 5) is 5.27. The molecule has 1 heterocycles.